The van der Waals surface area contributed by atoms with Crippen molar-refractivity contribution in [2.24, 2.45) is 0 Å². The largest absolute Gasteiger partial charge is 0.355 e. The number of carbonyl (C=O) groups excluding carboxylic acids is 1. The van der Waals surface area contributed by atoms with E-state index in [9.17, 15) is 4.79 Å². The molecule has 0 unspecified atom stereocenters. The lowest BCUT2D eigenvalue weighted by atomic mass is 10.0. The van der Waals surface area contributed by atoms with Crippen LogP contribution in [0.3, 0.4) is 0 Å². The summed E-state index contributed by atoms with van der Waals surface area (Å²) in [5, 5.41) is 0. The van der Waals surface area contributed by atoms with Gasteiger partial charge in [0.1, 0.15) is 11.5 Å². The van der Waals surface area contributed by atoms with Crippen LogP contribution in [-0.2, 0) is 17.8 Å². The summed E-state index contributed by atoms with van der Waals surface area (Å²) in [7, 11) is 2.17. The van der Waals surface area contributed by atoms with Crippen molar-refractivity contribution in [2.75, 3.05) is 44.7 Å². The number of pyridine rings is 1. The van der Waals surface area contributed by atoms with Crippen LogP contribution in [0.15, 0.2) is 24.4 Å². The van der Waals surface area contributed by atoms with E-state index >= 15 is 0 Å². The molecule has 27 heavy (non-hydrogen) atoms. The third-order valence-electron chi connectivity index (χ3n) is 5.40. The number of likely N-dealkylation sites (N-methyl/N-ethyl adjacent to an activating group) is 1. The molecule has 4 heterocycles. The number of amides is 1. The lowest BCUT2D eigenvalue weighted by Gasteiger charge is -2.32. The molecule has 1 amide bonds. The first-order valence-corrected chi connectivity index (χ1v) is 9.62. The molecule has 7 nitrogen and oxygen atoms in total. The molecule has 2 aromatic rings. The Bertz CT molecular complexity index is 825. The third kappa shape index (κ3) is 3.78. The Labute approximate surface area is 160 Å². The van der Waals surface area contributed by atoms with Gasteiger partial charge in [0.2, 0.25) is 5.91 Å². The minimum absolute atomic E-state index is 0.0941. The Kier molecular flexibility index (Phi) is 5.03. The number of nitrogens with zero attached hydrogens (tertiary/aromatic N) is 6. The molecule has 2 aliphatic rings. The zero-order valence-corrected chi connectivity index (χ0v) is 16.1. The summed E-state index contributed by atoms with van der Waals surface area (Å²) in [5.41, 5.74) is 2.92. The van der Waals surface area contributed by atoms with Crippen LogP contribution in [0.1, 0.15) is 24.6 Å². The lowest BCUT2D eigenvalue weighted by Crippen LogP contribution is -2.37. The number of rotatable bonds is 2. The zero-order valence-electron chi connectivity index (χ0n) is 16.1. The van der Waals surface area contributed by atoms with Crippen molar-refractivity contribution in [1.82, 2.24) is 24.8 Å². The van der Waals surface area contributed by atoms with Gasteiger partial charge in [-0.2, -0.15) is 0 Å². The Morgan fingerprint density at radius 3 is 2.74 bits per heavy atom. The van der Waals surface area contributed by atoms with Gasteiger partial charge in [-0.1, -0.05) is 6.07 Å². The maximum Gasteiger partial charge on any atom is 0.219 e. The van der Waals surface area contributed by atoms with Crippen molar-refractivity contribution < 1.29 is 4.79 Å². The van der Waals surface area contributed by atoms with Crippen LogP contribution in [0.25, 0.3) is 11.5 Å². The smallest absolute Gasteiger partial charge is 0.219 e. The molecule has 1 fully saturated rings. The summed E-state index contributed by atoms with van der Waals surface area (Å²) in [4.78, 5) is 32.7. The van der Waals surface area contributed by atoms with E-state index in [4.69, 9.17) is 9.97 Å². The highest BCUT2D eigenvalue weighted by Gasteiger charge is 2.27. The molecule has 0 spiro atoms. The van der Waals surface area contributed by atoms with Crippen molar-refractivity contribution >= 4 is 11.7 Å². The van der Waals surface area contributed by atoms with Gasteiger partial charge in [-0.3, -0.25) is 9.78 Å². The normalized spacial score (nSPS) is 18.1. The fourth-order valence-corrected chi connectivity index (χ4v) is 3.81. The van der Waals surface area contributed by atoms with Crippen LogP contribution >= 0.6 is 0 Å². The lowest BCUT2D eigenvalue weighted by molar-refractivity contribution is -0.129. The molecular weight excluding hydrogens is 340 g/mol. The molecule has 0 N–H and O–H groups in total. The molecule has 2 aromatic heterocycles. The minimum atomic E-state index is 0.0941. The van der Waals surface area contributed by atoms with Crippen LogP contribution in [-0.4, -0.2) is 70.4 Å². The second-order valence-electron chi connectivity index (χ2n) is 7.35. The van der Waals surface area contributed by atoms with Crippen LogP contribution in [0, 0.1) is 0 Å². The monoisotopic (exact) mass is 366 g/mol. The fraction of sp³-hybridized carbons (Fsp3) is 0.500. The van der Waals surface area contributed by atoms with Gasteiger partial charge < -0.3 is 14.7 Å². The summed E-state index contributed by atoms with van der Waals surface area (Å²) in [6.45, 7) is 6.98. The van der Waals surface area contributed by atoms with E-state index in [1.807, 2.05) is 23.1 Å². The van der Waals surface area contributed by atoms with Gasteiger partial charge in [0.25, 0.3) is 0 Å². The predicted molar refractivity (Wildman–Crippen MR) is 104 cm³/mol. The van der Waals surface area contributed by atoms with E-state index in [1.165, 1.54) is 5.56 Å². The molecule has 0 radical (unpaired) electrons. The summed E-state index contributed by atoms with van der Waals surface area (Å²) in [6, 6.07) is 5.78. The van der Waals surface area contributed by atoms with Gasteiger partial charge >= 0.3 is 0 Å². The number of anilines is 1. The zero-order chi connectivity index (χ0) is 18.8. The average molecular weight is 366 g/mol. The standard InChI is InChI=1S/C20H26N6O/c1-15(27)26-11-7-16-18(14-26)22-19(17-6-3-4-8-21-17)23-20(16)25-10-5-9-24(2)12-13-25/h3-4,6,8H,5,7,9-14H2,1-2H3. The average Bonchev–Trinajstić information content (AvgIpc) is 2.91. The number of hydrogen-bond donors (Lipinski definition) is 0. The first kappa shape index (κ1) is 17.9. The van der Waals surface area contributed by atoms with E-state index in [1.54, 1.807) is 13.1 Å². The second kappa shape index (κ2) is 7.60. The van der Waals surface area contributed by atoms with E-state index in [2.05, 4.69) is 21.8 Å². The SMILES string of the molecule is CC(=O)N1CCc2c(nc(-c3ccccn3)nc2N2CCCN(C)CC2)C1. The molecule has 0 saturated carbocycles. The molecule has 7 heteroatoms. The van der Waals surface area contributed by atoms with Gasteiger partial charge in [-0.05, 0) is 38.6 Å². The quantitative estimate of drug-likeness (QED) is 0.804. The van der Waals surface area contributed by atoms with Gasteiger partial charge in [0.15, 0.2) is 5.82 Å². The van der Waals surface area contributed by atoms with Crippen molar-refractivity contribution in [1.29, 1.82) is 0 Å². The van der Waals surface area contributed by atoms with E-state index < -0.39 is 0 Å². The summed E-state index contributed by atoms with van der Waals surface area (Å²) < 4.78 is 0. The van der Waals surface area contributed by atoms with Crippen LogP contribution in [0.5, 0.6) is 0 Å². The van der Waals surface area contributed by atoms with Crippen LogP contribution < -0.4 is 4.90 Å². The van der Waals surface area contributed by atoms with Crippen molar-refractivity contribution in [3.63, 3.8) is 0 Å². The Morgan fingerprint density at radius 1 is 1.07 bits per heavy atom. The maximum absolute atomic E-state index is 11.9. The Balaban J connectivity index is 1.77. The Morgan fingerprint density at radius 2 is 1.96 bits per heavy atom. The van der Waals surface area contributed by atoms with Crippen LogP contribution in [0.2, 0.25) is 0 Å². The van der Waals surface area contributed by atoms with Gasteiger partial charge in [0.05, 0.1) is 12.2 Å². The highest BCUT2D eigenvalue weighted by molar-refractivity contribution is 5.74. The molecular formula is C20H26N6O. The number of fused-ring (bicyclic) bond motifs is 1. The molecule has 0 atom stereocenters. The fourth-order valence-electron chi connectivity index (χ4n) is 3.81. The topological polar surface area (TPSA) is 65.5 Å². The van der Waals surface area contributed by atoms with E-state index in [-0.39, 0.29) is 5.91 Å². The number of aromatic nitrogens is 3. The molecule has 2 aliphatic heterocycles. The summed E-state index contributed by atoms with van der Waals surface area (Å²) >= 11 is 0. The first-order chi connectivity index (χ1) is 13.1. The maximum atomic E-state index is 11.9. The number of hydrogen-bond acceptors (Lipinski definition) is 6. The highest BCUT2D eigenvalue weighted by Crippen LogP contribution is 2.29. The predicted octanol–water partition coefficient (Wildman–Crippen LogP) is 1.59. The van der Waals surface area contributed by atoms with E-state index in [0.717, 1.165) is 62.8 Å². The van der Waals surface area contributed by atoms with Crippen molar-refractivity contribution in [3.8, 4) is 11.5 Å². The van der Waals surface area contributed by atoms with Gasteiger partial charge in [-0.15, -0.1) is 0 Å². The molecule has 142 valence electrons. The van der Waals surface area contributed by atoms with Crippen molar-refractivity contribution in [2.45, 2.75) is 26.3 Å². The first-order valence-electron chi connectivity index (χ1n) is 9.62. The van der Waals surface area contributed by atoms with Gasteiger partial charge in [-0.25, -0.2) is 9.97 Å². The molecule has 4 rings (SSSR count). The summed E-state index contributed by atoms with van der Waals surface area (Å²) in [6.07, 6.45) is 3.69. The van der Waals surface area contributed by atoms with Crippen molar-refractivity contribution in [3.05, 3.63) is 35.7 Å². The minimum Gasteiger partial charge on any atom is -0.355 e. The van der Waals surface area contributed by atoms with Gasteiger partial charge in [0, 0.05) is 44.9 Å². The number of carbonyl (C=O) groups is 1. The second-order valence-corrected chi connectivity index (χ2v) is 7.35. The molecule has 0 aliphatic carbocycles. The van der Waals surface area contributed by atoms with E-state index in [0.29, 0.717) is 12.4 Å². The Hall–Kier alpha value is -2.54. The molecule has 1 saturated heterocycles. The molecule has 0 bridgehead atoms. The summed E-state index contributed by atoms with van der Waals surface area (Å²) in [5.74, 6) is 1.77. The molecule has 0 aromatic carbocycles. The highest BCUT2D eigenvalue weighted by atomic mass is 16.2. The van der Waals surface area contributed by atoms with Crippen LogP contribution in [0.4, 0.5) is 5.82 Å². The third-order valence-corrected chi connectivity index (χ3v) is 5.40.